The maximum absolute atomic E-state index is 13.6. The highest BCUT2D eigenvalue weighted by atomic mass is 32.1. The quantitative estimate of drug-likeness (QED) is 0.410. The Morgan fingerprint density at radius 2 is 1.91 bits per heavy atom. The number of aromatic nitrogens is 2. The molecule has 2 aromatic heterocycles. The molecule has 1 aromatic carbocycles. The Balaban J connectivity index is 1.47. The molecule has 0 atom stereocenters. The molecule has 0 radical (unpaired) electrons. The number of carbonyl (C=O) groups is 1. The van der Waals surface area contributed by atoms with Crippen molar-refractivity contribution in [3.63, 3.8) is 0 Å². The number of pyridine rings is 2. The lowest BCUT2D eigenvalue weighted by Crippen LogP contribution is -2.55. The van der Waals surface area contributed by atoms with Gasteiger partial charge >= 0.3 is 0 Å². The van der Waals surface area contributed by atoms with E-state index < -0.39 is 5.54 Å². The summed E-state index contributed by atoms with van der Waals surface area (Å²) in [6, 6.07) is 14.8. The highest BCUT2D eigenvalue weighted by molar-refractivity contribution is 7.81. The second-order valence-corrected chi connectivity index (χ2v) is 8.22. The molecule has 1 spiro atoms. The number of thiocarbonyl (C=S) groups is 1. The van der Waals surface area contributed by atoms with E-state index in [0.29, 0.717) is 33.8 Å². The first-order valence-electron chi connectivity index (χ1n) is 10.3. The predicted molar refractivity (Wildman–Crippen MR) is 125 cm³/mol. The molecule has 0 unspecified atom stereocenters. The molecule has 1 aliphatic heterocycles. The van der Waals surface area contributed by atoms with Crippen molar-refractivity contribution < 1.29 is 9.53 Å². The van der Waals surface area contributed by atoms with E-state index in [1.54, 1.807) is 29.4 Å². The number of rotatable bonds is 4. The fourth-order valence-electron chi connectivity index (χ4n) is 4.19. The first kappa shape index (κ1) is 20.1. The number of carbonyl (C=O) groups excluding carboxylic acids is 1. The number of aryl methyl sites for hydroxylation is 1. The molecule has 5 rings (SSSR count). The van der Waals surface area contributed by atoms with Gasteiger partial charge < -0.3 is 14.5 Å². The van der Waals surface area contributed by atoms with Crippen LogP contribution in [0.4, 0.5) is 17.2 Å². The summed E-state index contributed by atoms with van der Waals surface area (Å²) in [6.07, 6.45) is 5.66. The zero-order valence-corrected chi connectivity index (χ0v) is 18.2. The molecular formula is C24H19N5O2S. The number of benzene rings is 1. The van der Waals surface area contributed by atoms with Gasteiger partial charge in [-0.05, 0) is 80.4 Å². The van der Waals surface area contributed by atoms with Gasteiger partial charge in [-0.15, -0.1) is 4.98 Å². The van der Waals surface area contributed by atoms with Crippen molar-refractivity contribution in [3.8, 4) is 11.6 Å². The van der Waals surface area contributed by atoms with Gasteiger partial charge in [0.2, 0.25) is 5.88 Å². The number of anilines is 2. The van der Waals surface area contributed by atoms with Gasteiger partial charge in [-0.2, -0.15) is 0 Å². The van der Waals surface area contributed by atoms with Crippen molar-refractivity contribution in [2.75, 3.05) is 9.80 Å². The molecule has 158 valence electrons. The van der Waals surface area contributed by atoms with Crippen LogP contribution in [0.25, 0.3) is 4.85 Å². The number of amides is 1. The van der Waals surface area contributed by atoms with E-state index >= 15 is 0 Å². The molecule has 2 fully saturated rings. The van der Waals surface area contributed by atoms with Gasteiger partial charge in [0.25, 0.3) is 11.7 Å². The van der Waals surface area contributed by atoms with E-state index in [0.717, 1.165) is 24.9 Å². The highest BCUT2D eigenvalue weighted by Gasteiger charge is 2.59. The van der Waals surface area contributed by atoms with E-state index in [1.165, 1.54) is 0 Å². The molecule has 1 saturated heterocycles. The summed E-state index contributed by atoms with van der Waals surface area (Å²) in [5.41, 5.74) is 1.47. The summed E-state index contributed by atoms with van der Waals surface area (Å²) >= 11 is 5.80. The molecule has 2 aliphatic rings. The standard InChI is InChI=1S/C24H19N5O2S/c1-16-14-18(15-27-21(16)25-2)28-22(30)24(11-5-12-24)29(23(28)32)17-7-9-19(10-8-17)31-20-6-3-4-13-26-20/h3-4,6-10,13-15H,5,11-12H2,1H3. The van der Waals surface area contributed by atoms with Gasteiger partial charge in [-0.1, -0.05) is 12.6 Å². The zero-order valence-electron chi connectivity index (χ0n) is 17.4. The monoisotopic (exact) mass is 441 g/mol. The van der Waals surface area contributed by atoms with Crippen LogP contribution in [0.3, 0.4) is 0 Å². The highest BCUT2D eigenvalue weighted by Crippen LogP contribution is 2.48. The van der Waals surface area contributed by atoms with Gasteiger partial charge in [-0.3, -0.25) is 9.69 Å². The van der Waals surface area contributed by atoms with Gasteiger partial charge in [-0.25, -0.2) is 4.98 Å². The molecule has 1 amide bonds. The maximum atomic E-state index is 13.6. The first-order chi connectivity index (χ1) is 15.5. The topological polar surface area (TPSA) is 62.9 Å². The number of hydrogen-bond donors (Lipinski definition) is 0. The second kappa shape index (κ2) is 7.70. The lowest BCUT2D eigenvalue weighted by atomic mass is 9.75. The van der Waals surface area contributed by atoms with Crippen LogP contribution in [-0.2, 0) is 4.79 Å². The second-order valence-electron chi connectivity index (χ2n) is 7.85. The number of nitrogens with zero attached hydrogens (tertiary/aromatic N) is 5. The summed E-state index contributed by atoms with van der Waals surface area (Å²) in [7, 11) is 0. The van der Waals surface area contributed by atoms with Gasteiger partial charge in [0.15, 0.2) is 5.11 Å². The van der Waals surface area contributed by atoms with Crippen molar-refractivity contribution in [2.45, 2.75) is 31.7 Å². The average molecular weight is 442 g/mol. The number of hydrogen-bond acceptors (Lipinski definition) is 5. The lowest BCUT2D eigenvalue weighted by molar-refractivity contribution is -0.123. The van der Waals surface area contributed by atoms with Crippen LogP contribution >= 0.6 is 12.2 Å². The average Bonchev–Trinajstić information content (AvgIpc) is 3.02. The Bertz CT molecular complexity index is 1250. The summed E-state index contributed by atoms with van der Waals surface area (Å²) in [5.74, 6) is 1.45. The molecule has 1 aliphatic carbocycles. The zero-order chi connectivity index (χ0) is 22.3. The first-order valence-corrected chi connectivity index (χ1v) is 10.7. The minimum absolute atomic E-state index is 0.0423. The molecule has 0 N–H and O–H groups in total. The fraction of sp³-hybridized carbons (Fsp3) is 0.208. The Morgan fingerprint density at radius 3 is 2.50 bits per heavy atom. The normalized spacial score (nSPS) is 16.8. The molecule has 8 heteroatoms. The van der Waals surface area contributed by atoms with Crippen LogP contribution < -0.4 is 14.5 Å². The van der Waals surface area contributed by atoms with Crippen molar-refractivity contribution in [3.05, 3.63) is 77.9 Å². The SMILES string of the molecule is [C-]#[N+]c1ncc(N2C(=O)C3(CCC3)N(c3ccc(Oc4ccccn4)cc3)C2=S)cc1C. The molecule has 3 aromatic rings. The Hall–Kier alpha value is -3.83. The molecule has 0 bridgehead atoms. The fourth-order valence-corrected chi connectivity index (χ4v) is 4.66. The van der Waals surface area contributed by atoms with Crippen LogP contribution in [0.2, 0.25) is 0 Å². The van der Waals surface area contributed by atoms with E-state index in [-0.39, 0.29) is 5.91 Å². The smallest absolute Gasteiger partial charge is 0.272 e. The molecular weight excluding hydrogens is 422 g/mol. The van der Waals surface area contributed by atoms with Gasteiger partial charge in [0, 0.05) is 18.0 Å². The summed E-state index contributed by atoms with van der Waals surface area (Å²) in [5, 5.41) is 0.421. The molecule has 3 heterocycles. The Morgan fingerprint density at radius 1 is 1.12 bits per heavy atom. The third-order valence-electron chi connectivity index (χ3n) is 5.95. The third-order valence-corrected chi connectivity index (χ3v) is 6.31. The van der Waals surface area contributed by atoms with Crippen LogP contribution in [0, 0.1) is 13.5 Å². The molecule has 32 heavy (non-hydrogen) atoms. The third kappa shape index (κ3) is 3.10. The largest absolute Gasteiger partial charge is 0.439 e. The van der Waals surface area contributed by atoms with Crippen molar-refractivity contribution >= 4 is 40.4 Å². The summed E-state index contributed by atoms with van der Waals surface area (Å²) in [4.78, 5) is 28.9. The molecule has 1 saturated carbocycles. The van der Waals surface area contributed by atoms with E-state index in [1.807, 2.05) is 48.2 Å². The van der Waals surface area contributed by atoms with E-state index in [4.69, 9.17) is 23.5 Å². The van der Waals surface area contributed by atoms with Crippen LogP contribution in [0.15, 0.2) is 60.9 Å². The predicted octanol–water partition coefficient (Wildman–Crippen LogP) is 5.19. The lowest BCUT2D eigenvalue weighted by Gasteiger charge is -2.43. The summed E-state index contributed by atoms with van der Waals surface area (Å²) < 4.78 is 5.79. The summed E-state index contributed by atoms with van der Waals surface area (Å²) in [6.45, 7) is 9.02. The van der Waals surface area contributed by atoms with Crippen molar-refractivity contribution in [1.29, 1.82) is 0 Å². The van der Waals surface area contributed by atoms with Crippen LogP contribution in [-0.4, -0.2) is 26.5 Å². The maximum Gasteiger partial charge on any atom is 0.272 e. The minimum atomic E-state index is -0.674. The van der Waals surface area contributed by atoms with Crippen molar-refractivity contribution in [2.24, 2.45) is 0 Å². The Labute approximate surface area is 191 Å². The van der Waals surface area contributed by atoms with Crippen LogP contribution in [0.1, 0.15) is 24.8 Å². The van der Waals surface area contributed by atoms with E-state index in [2.05, 4.69) is 14.8 Å². The van der Waals surface area contributed by atoms with Gasteiger partial charge in [0.1, 0.15) is 17.5 Å². The van der Waals surface area contributed by atoms with Crippen LogP contribution in [0.5, 0.6) is 11.6 Å². The molecule has 7 nitrogen and oxygen atoms in total. The van der Waals surface area contributed by atoms with E-state index in [9.17, 15) is 4.79 Å². The van der Waals surface area contributed by atoms with Gasteiger partial charge in [0.05, 0.1) is 5.69 Å². The van der Waals surface area contributed by atoms with Crippen molar-refractivity contribution in [1.82, 2.24) is 9.97 Å². The Kier molecular flexibility index (Phi) is 4.83. The number of ether oxygens (including phenoxy) is 1. The minimum Gasteiger partial charge on any atom is -0.439 e.